The maximum absolute atomic E-state index is 14.2. The van der Waals surface area contributed by atoms with Crippen molar-refractivity contribution in [3.63, 3.8) is 0 Å². The molecule has 4 aromatic heterocycles. The second-order valence-electron chi connectivity index (χ2n) is 17.1. The number of hydrogen-bond acceptors (Lipinski definition) is 12. The van der Waals surface area contributed by atoms with Crippen molar-refractivity contribution < 1.29 is 24.2 Å². The highest BCUT2D eigenvalue weighted by Gasteiger charge is 2.47. The fourth-order valence-electron chi connectivity index (χ4n) is 9.66. The minimum atomic E-state index is -0.321. The van der Waals surface area contributed by atoms with E-state index in [-0.39, 0.29) is 34.8 Å². The second-order valence-corrected chi connectivity index (χ2v) is 19.4. The molecule has 8 aromatic rings. The van der Waals surface area contributed by atoms with E-state index in [1.165, 1.54) is 21.8 Å². The average Bonchev–Trinajstić information content (AvgIpc) is 4.07. The molecule has 63 heavy (non-hydrogen) atoms. The van der Waals surface area contributed by atoms with Gasteiger partial charge in [0.2, 0.25) is 0 Å². The highest BCUT2D eigenvalue weighted by Crippen LogP contribution is 2.51. The molecule has 1 atom stereocenters. The molecule has 2 aliphatic heterocycles. The number of ketones is 1. The molecular weight excluding hydrogens is 829 g/mol. The van der Waals surface area contributed by atoms with Gasteiger partial charge in [0.25, 0.3) is 0 Å². The number of phenols is 2. The van der Waals surface area contributed by atoms with E-state index in [0.717, 1.165) is 104 Å². The zero-order chi connectivity index (χ0) is 43.0. The van der Waals surface area contributed by atoms with Crippen LogP contribution in [0, 0.1) is 26.2 Å². The lowest BCUT2D eigenvalue weighted by atomic mass is 9.61. The number of hydrogen-bond donors (Lipinski definition) is 2. The molecule has 0 unspecified atom stereocenters. The molecule has 3 aliphatic rings. The lowest BCUT2D eigenvalue weighted by Gasteiger charge is -2.52. The number of anilines is 1. The van der Waals surface area contributed by atoms with Crippen LogP contribution in [0.15, 0.2) is 113 Å². The van der Waals surface area contributed by atoms with E-state index in [1.807, 2.05) is 37.3 Å². The van der Waals surface area contributed by atoms with E-state index in [2.05, 4.69) is 74.9 Å². The number of piperidine rings is 1. The third-order valence-electron chi connectivity index (χ3n) is 13.2. The molecule has 4 aromatic carbocycles. The number of ether oxygens (including phenoxy) is 1. The molecule has 13 heteroatoms. The largest absolute Gasteiger partial charge is 0.508 e. The van der Waals surface area contributed by atoms with Crippen molar-refractivity contribution >= 4 is 49.9 Å². The Morgan fingerprint density at radius 2 is 1.60 bits per heavy atom. The van der Waals surface area contributed by atoms with Crippen LogP contribution < -0.4 is 9.64 Å². The SMILES string of the molecule is Cc1sc2c(c1C)C(c1ccc(OC3CC4(CCN(c5ccc(C(=O)c6c(-c7ccc(O)cc7)sc7cc(O)ccc67)cc5)CC4)C3)cc1)=N[C@@H](Cc1ncco1)c1nnc(C)n1-2. The zero-order valence-electron chi connectivity index (χ0n) is 35.0. The van der Waals surface area contributed by atoms with Gasteiger partial charge < -0.3 is 24.3 Å². The van der Waals surface area contributed by atoms with E-state index >= 15 is 0 Å². The number of nitrogens with zero attached hydrogens (tertiary/aromatic N) is 6. The van der Waals surface area contributed by atoms with Gasteiger partial charge in [-0.2, -0.15) is 0 Å². The lowest BCUT2D eigenvalue weighted by Crippen LogP contribution is -2.51. The van der Waals surface area contributed by atoms with Crippen molar-refractivity contribution in [3.05, 3.63) is 154 Å². The van der Waals surface area contributed by atoms with Gasteiger partial charge in [-0.3, -0.25) is 14.4 Å². The monoisotopic (exact) mass is 872 g/mol. The molecule has 2 fully saturated rings. The Kier molecular flexibility index (Phi) is 9.57. The van der Waals surface area contributed by atoms with Gasteiger partial charge in [0.15, 0.2) is 17.5 Å². The van der Waals surface area contributed by atoms with Gasteiger partial charge in [0.05, 0.1) is 24.4 Å². The van der Waals surface area contributed by atoms with Crippen LogP contribution >= 0.6 is 22.7 Å². The average molecular weight is 873 g/mol. The Balaban J connectivity index is 0.748. The van der Waals surface area contributed by atoms with Crippen molar-refractivity contribution in [3.8, 4) is 32.7 Å². The lowest BCUT2D eigenvalue weighted by molar-refractivity contribution is -0.0310. The van der Waals surface area contributed by atoms with Crippen LogP contribution in [0.5, 0.6) is 17.2 Å². The fourth-order valence-corrected chi connectivity index (χ4v) is 12.1. The maximum atomic E-state index is 14.2. The Morgan fingerprint density at radius 1 is 0.873 bits per heavy atom. The maximum Gasteiger partial charge on any atom is 0.196 e. The van der Waals surface area contributed by atoms with Crippen molar-refractivity contribution in [2.24, 2.45) is 10.4 Å². The number of aromatic hydroxyl groups is 2. The molecule has 1 saturated heterocycles. The fraction of sp³-hybridized carbons (Fsp3) is 0.260. The predicted molar refractivity (Wildman–Crippen MR) is 246 cm³/mol. The molecule has 11 rings (SSSR count). The number of aromatic nitrogens is 4. The van der Waals surface area contributed by atoms with Crippen LogP contribution in [0.1, 0.15) is 86.8 Å². The van der Waals surface area contributed by atoms with E-state index in [4.69, 9.17) is 14.1 Å². The number of carbonyl (C=O) groups is 1. The minimum Gasteiger partial charge on any atom is -0.508 e. The quantitative estimate of drug-likeness (QED) is 0.136. The first kappa shape index (κ1) is 39.3. The van der Waals surface area contributed by atoms with Crippen LogP contribution in [-0.2, 0) is 6.42 Å². The van der Waals surface area contributed by atoms with E-state index in [9.17, 15) is 15.0 Å². The first-order chi connectivity index (χ1) is 30.6. The van der Waals surface area contributed by atoms with Gasteiger partial charge in [0, 0.05) is 60.9 Å². The smallest absolute Gasteiger partial charge is 0.196 e. The number of carbonyl (C=O) groups excluding carboxylic acids is 1. The molecule has 1 spiro atoms. The minimum absolute atomic E-state index is 0.0666. The predicted octanol–water partition coefficient (Wildman–Crippen LogP) is 10.7. The molecule has 0 bridgehead atoms. The Hall–Kier alpha value is -6.57. The van der Waals surface area contributed by atoms with Crippen LogP contribution in [0.3, 0.4) is 0 Å². The summed E-state index contributed by atoms with van der Waals surface area (Å²) >= 11 is 3.21. The normalized spacial score (nSPS) is 17.0. The Bertz CT molecular complexity index is 3040. The molecule has 0 amide bonds. The highest BCUT2D eigenvalue weighted by atomic mass is 32.1. The number of aryl methyl sites for hydroxylation is 2. The Morgan fingerprint density at radius 3 is 2.33 bits per heavy atom. The summed E-state index contributed by atoms with van der Waals surface area (Å²) in [7, 11) is 0. The van der Waals surface area contributed by atoms with Gasteiger partial charge in [-0.1, -0.05) is 0 Å². The van der Waals surface area contributed by atoms with Crippen molar-refractivity contribution in [1.29, 1.82) is 0 Å². The number of rotatable bonds is 9. The number of oxazole rings is 1. The second kappa shape index (κ2) is 15.4. The molecule has 0 radical (unpaired) electrons. The summed E-state index contributed by atoms with van der Waals surface area (Å²) in [5, 5.41) is 31.0. The molecule has 1 saturated carbocycles. The molecule has 2 N–H and O–H groups in total. The third-order valence-corrected chi connectivity index (χ3v) is 15.6. The number of phenolic OH excluding ortho intramolecular Hbond substituents is 2. The molecule has 11 nitrogen and oxygen atoms in total. The standard InChI is InChI=1S/C50H44N6O5S2/c1-28-29(2)62-49-43(28)45(52-40(25-42-51-20-23-60-42)48-54-53-30(3)56(48)49)31-8-15-37(16-9-31)61-38-26-50(27-38)18-21-55(22-19-50)34-10-4-32(5-11-34)46(59)44-39-17-14-36(58)24-41(39)63-47(44)33-6-12-35(57)13-7-33/h4-17,20,23-24,38,40,57-58H,18-19,21-22,25-27H2,1-3H3/t40-/m0/s1. The summed E-state index contributed by atoms with van der Waals surface area (Å²) in [5.41, 5.74) is 7.73. The molecule has 1 aliphatic carbocycles. The van der Waals surface area contributed by atoms with E-state index < -0.39 is 0 Å². The highest BCUT2D eigenvalue weighted by molar-refractivity contribution is 7.22. The van der Waals surface area contributed by atoms with Gasteiger partial charge >= 0.3 is 0 Å². The van der Waals surface area contributed by atoms with Crippen LogP contribution in [0.25, 0.3) is 25.5 Å². The van der Waals surface area contributed by atoms with Crippen LogP contribution in [-0.4, -0.2) is 60.6 Å². The number of benzene rings is 4. The summed E-state index contributed by atoms with van der Waals surface area (Å²) < 4.78 is 15.2. The van der Waals surface area contributed by atoms with E-state index in [1.54, 1.807) is 48.1 Å². The van der Waals surface area contributed by atoms with Crippen LogP contribution in [0.4, 0.5) is 5.69 Å². The first-order valence-corrected chi connectivity index (χ1v) is 22.9. The van der Waals surface area contributed by atoms with Crippen molar-refractivity contribution in [2.45, 2.75) is 65.0 Å². The van der Waals surface area contributed by atoms with Gasteiger partial charge in [0.1, 0.15) is 40.4 Å². The van der Waals surface area contributed by atoms with E-state index in [0.29, 0.717) is 23.4 Å². The summed E-state index contributed by atoms with van der Waals surface area (Å²) in [6.45, 7) is 8.22. The Labute approximate surface area is 372 Å². The molecule has 316 valence electrons. The van der Waals surface area contributed by atoms with Gasteiger partial charge in [-0.25, -0.2) is 4.98 Å². The van der Waals surface area contributed by atoms with Gasteiger partial charge in [-0.15, -0.1) is 32.9 Å². The summed E-state index contributed by atoms with van der Waals surface area (Å²) in [6, 6.07) is 28.1. The first-order valence-electron chi connectivity index (χ1n) is 21.3. The van der Waals surface area contributed by atoms with Crippen molar-refractivity contribution in [2.75, 3.05) is 18.0 Å². The third kappa shape index (κ3) is 6.99. The topological polar surface area (TPSA) is 139 Å². The zero-order valence-corrected chi connectivity index (χ0v) is 36.7. The molecular formula is C50H44N6O5S2. The summed E-state index contributed by atoms with van der Waals surface area (Å²) in [6.07, 6.45) is 8.18. The van der Waals surface area contributed by atoms with Gasteiger partial charge in [-0.05, 0) is 154 Å². The number of thiophene rings is 2. The van der Waals surface area contributed by atoms with Crippen LogP contribution in [0.2, 0.25) is 0 Å². The molecule has 6 heterocycles. The summed E-state index contributed by atoms with van der Waals surface area (Å²) in [5.74, 6) is 3.34. The van der Waals surface area contributed by atoms with Crippen molar-refractivity contribution in [1.82, 2.24) is 19.7 Å². The number of aliphatic imine (C=N–C) groups is 1. The number of fused-ring (bicyclic) bond motifs is 4. The summed E-state index contributed by atoms with van der Waals surface area (Å²) in [4.78, 5) is 28.4.